The summed E-state index contributed by atoms with van der Waals surface area (Å²) in [4.78, 5) is 19.1. The molecule has 5 nitrogen and oxygen atoms in total. The Kier molecular flexibility index (Phi) is 8.38. The van der Waals surface area contributed by atoms with E-state index in [0.29, 0.717) is 18.2 Å². The van der Waals surface area contributed by atoms with E-state index in [0.717, 1.165) is 37.4 Å². The third-order valence-electron chi connectivity index (χ3n) is 5.42. The number of amides is 1. The minimum Gasteiger partial charge on any atom is -0.490 e. The first kappa shape index (κ1) is 21.7. The normalized spacial score (nSPS) is 16.3. The molecule has 1 aromatic heterocycles. The highest BCUT2D eigenvalue weighted by Gasteiger charge is 2.23. The highest BCUT2D eigenvalue weighted by Crippen LogP contribution is 2.21. The summed E-state index contributed by atoms with van der Waals surface area (Å²) in [5, 5.41) is 2.90. The van der Waals surface area contributed by atoms with Gasteiger partial charge in [0.25, 0.3) is 5.91 Å². The molecule has 29 heavy (non-hydrogen) atoms. The maximum atomic E-state index is 12.3. The number of hydrogen-bond acceptors (Lipinski definition) is 5. The predicted octanol–water partition coefficient (Wildman–Crippen LogP) is 4.00. The summed E-state index contributed by atoms with van der Waals surface area (Å²) in [6.07, 6.45) is 7.50. The number of rotatable bonds is 9. The van der Waals surface area contributed by atoms with Gasteiger partial charge in [-0.15, -0.1) is 0 Å². The second-order valence-corrected chi connectivity index (χ2v) is 8.50. The molecule has 156 valence electrons. The van der Waals surface area contributed by atoms with Crippen molar-refractivity contribution in [3.05, 3.63) is 59.9 Å². The number of hydrogen-bond donors (Lipinski definition) is 1. The first-order valence-corrected chi connectivity index (χ1v) is 11.7. The molecule has 0 bridgehead atoms. The maximum Gasteiger partial charge on any atom is 0.251 e. The second-order valence-electron chi connectivity index (χ2n) is 7.51. The molecule has 0 saturated carbocycles. The van der Waals surface area contributed by atoms with Gasteiger partial charge in [-0.3, -0.25) is 9.78 Å². The van der Waals surface area contributed by atoms with Crippen LogP contribution in [-0.4, -0.2) is 53.0 Å². The SMILES string of the molecule is CSCC[C@@H](C)N1CCC(Oc2ccc(C(=O)NCc3ccccn3)cc2)CC1. The Bertz CT molecular complexity index is 746. The van der Waals surface area contributed by atoms with E-state index in [1.54, 1.807) is 6.20 Å². The van der Waals surface area contributed by atoms with Gasteiger partial charge in [-0.1, -0.05) is 6.07 Å². The van der Waals surface area contributed by atoms with Crippen molar-refractivity contribution >= 4 is 17.7 Å². The molecule has 0 radical (unpaired) electrons. The van der Waals surface area contributed by atoms with Crippen LogP contribution in [0.15, 0.2) is 48.7 Å². The molecule has 1 aromatic carbocycles. The lowest BCUT2D eigenvalue weighted by Gasteiger charge is -2.36. The van der Waals surface area contributed by atoms with Crippen molar-refractivity contribution in [1.82, 2.24) is 15.2 Å². The first-order valence-electron chi connectivity index (χ1n) is 10.3. The molecule has 1 saturated heterocycles. The maximum absolute atomic E-state index is 12.3. The number of carbonyl (C=O) groups excluding carboxylic acids is 1. The smallest absolute Gasteiger partial charge is 0.251 e. The van der Waals surface area contributed by atoms with E-state index in [9.17, 15) is 4.79 Å². The summed E-state index contributed by atoms with van der Waals surface area (Å²) in [7, 11) is 0. The average Bonchev–Trinajstić information content (AvgIpc) is 2.77. The Balaban J connectivity index is 1.43. The molecule has 1 N–H and O–H groups in total. The second kappa shape index (κ2) is 11.2. The predicted molar refractivity (Wildman–Crippen MR) is 120 cm³/mol. The van der Waals surface area contributed by atoms with Crippen LogP contribution in [0.25, 0.3) is 0 Å². The summed E-state index contributed by atoms with van der Waals surface area (Å²) in [6.45, 7) is 4.93. The fraction of sp³-hybridized carbons (Fsp3) is 0.478. The Hall–Kier alpha value is -2.05. The van der Waals surface area contributed by atoms with Crippen LogP contribution in [0.2, 0.25) is 0 Å². The van der Waals surface area contributed by atoms with Crippen molar-refractivity contribution in [2.24, 2.45) is 0 Å². The minimum atomic E-state index is -0.102. The van der Waals surface area contributed by atoms with Crippen LogP contribution in [0.3, 0.4) is 0 Å². The highest BCUT2D eigenvalue weighted by molar-refractivity contribution is 7.98. The van der Waals surface area contributed by atoms with Gasteiger partial charge in [0.2, 0.25) is 0 Å². The molecule has 2 aromatic rings. The molecular weight excluding hydrogens is 382 g/mol. The number of benzene rings is 1. The van der Waals surface area contributed by atoms with Gasteiger partial charge in [-0.25, -0.2) is 0 Å². The number of nitrogens with one attached hydrogen (secondary N) is 1. The molecule has 0 unspecified atom stereocenters. The minimum absolute atomic E-state index is 0.102. The quantitative estimate of drug-likeness (QED) is 0.673. The topological polar surface area (TPSA) is 54.5 Å². The molecule has 1 amide bonds. The van der Waals surface area contributed by atoms with E-state index < -0.39 is 0 Å². The lowest BCUT2D eigenvalue weighted by atomic mass is 10.0. The fourth-order valence-electron chi connectivity index (χ4n) is 3.56. The summed E-state index contributed by atoms with van der Waals surface area (Å²) in [5.74, 6) is 1.95. The highest BCUT2D eigenvalue weighted by atomic mass is 32.2. The van der Waals surface area contributed by atoms with Crippen LogP contribution in [-0.2, 0) is 6.54 Å². The summed E-state index contributed by atoms with van der Waals surface area (Å²) in [6, 6.07) is 13.7. The van der Waals surface area contributed by atoms with Gasteiger partial charge in [0.15, 0.2) is 0 Å². The van der Waals surface area contributed by atoms with E-state index in [-0.39, 0.29) is 12.0 Å². The summed E-state index contributed by atoms with van der Waals surface area (Å²) >= 11 is 1.92. The van der Waals surface area contributed by atoms with Gasteiger partial charge in [0.05, 0.1) is 12.2 Å². The number of ether oxygens (including phenoxy) is 1. The van der Waals surface area contributed by atoms with E-state index in [4.69, 9.17) is 4.74 Å². The Morgan fingerprint density at radius 3 is 2.66 bits per heavy atom. The molecule has 1 atom stereocenters. The van der Waals surface area contributed by atoms with Crippen LogP contribution in [0.5, 0.6) is 5.75 Å². The Labute approximate surface area is 178 Å². The molecule has 0 aliphatic carbocycles. The van der Waals surface area contributed by atoms with E-state index in [1.165, 1.54) is 12.2 Å². The van der Waals surface area contributed by atoms with Crippen molar-refractivity contribution in [2.75, 3.05) is 25.1 Å². The number of thioether (sulfide) groups is 1. The van der Waals surface area contributed by atoms with Crippen LogP contribution < -0.4 is 10.1 Å². The van der Waals surface area contributed by atoms with Gasteiger partial charge >= 0.3 is 0 Å². The third-order valence-corrected chi connectivity index (χ3v) is 6.06. The van der Waals surface area contributed by atoms with Gasteiger partial charge in [0.1, 0.15) is 11.9 Å². The zero-order valence-electron chi connectivity index (χ0n) is 17.3. The van der Waals surface area contributed by atoms with E-state index in [2.05, 4.69) is 28.4 Å². The molecule has 1 fully saturated rings. The average molecular weight is 414 g/mol. The van der Waals surface area contributed by atoms with Crippen LogP contribution in [0.1, 0.15) is 42.2 Å². The van der Waals surface area contributed by atoms with Crippen LogP contribution >= 0.6 is 11.8 Å². The fourth-order valence-corrected chi connectivity index (χ4v) is 4.14. The molecular formula is C23H31N3O2S. The third kappa shape index (κ3) is 6.75. The Morgan fingerprint density at radius 1 is 1.24 bits per heavy atom. The number of piperidine rings is 1. The van der Waals surface area contributed by atoms with Crippen LogP contribution in [0, 0.1) is 0 Å². The lowest BCUT2D eigenvalue weighted by Crippen LogP contribution is -2.43. The molecule has 6 heteroatoms. The zero-order valence-corrected chi connectivity index (χ0v) is 18.2. The molecule has 2 heterocycles. The largest absolute Gasteiger partial charge is 0.490 e. The van der Waals surface area contributed by atoms with Crippen molar-refractivity contribution in [3.63, 3.8) is 0 Å². The van der Waals surface area contributed by atoms with Gasteiger partial charge < -0.3 is 15.0 Å². The molecule has 0 spiro atoms. The number of carbonyl (C=O) groups is 1. The number of pyridine rings is 1. The van der Waals surface area contributed by atoms with Crippen molar-refractivity contribution < 1.29 is 9.53 Å². The number of nitrogens with zero attached hydrogens (tertiary/aromatic N) is 2. The van der Waals surface area contributed by atoms with Crippen molar-refractivity contribution in [2.45, 2.75) is 44.9 Å². The van der Waals surface area contributed by atoms with E-state index >= 15 is 0 Å². The van der Waals surface area contributed by atoms with Gasteiger partial charge in [-0.2, -0.15) is 11.8 Å². The summed E-state index contributed by atoms with van der Waals surface area (Å²) in [5.41, 5.74) is 1.47. The molecule has 1 aliphatic heterocycles. The first-order chi connectivity index (χ1) is 14.2. The van der Waals surface area contributed by atoms with Crippen molar-refractivity contribution in [3.8, 4) is 5.75 Å². The monoisotopic (exact) mass is 413 g/mol. The van der Waals surface area contributed by atoms with Crippen molar-refractivity contribution in [1.29, 1.82) is 0 Å². The van der Waals surface area contributed by atoms with E-state index in [1.807, 2.05) is 54.2 Å². The van der Waals surface area contributed by atoms with Gasteiger partial charge in [-0.05, 0) is 74.6 Å². The number of likely N-dealkylation sites (tertiary alicyclic amines) is 1. The lowest BCUT2D eigenvalue weighted by molar-refractivity contribution is 0.0791. The zero-order chi connectivity index (χ0) is 20.5. The van der Waals surface area contributed by atoms with Crippen LogP contribution in [0.4, 0.5) is 0 Å². The molecule has 1 aliphatic rings. The Morgan fingerprint density at radius 2 is 2.00 bits per heavy atom. The number of aromatic nitrogens is 1. The summed E-state index contributed by atoms with van der Waals surface area (Å²) < 4.78 is 6.16. The van der Waals surface area contributed by atoms with Gasteiger partial charge in [0, 0.05) is 30.9 Å². The molecule has 3 rings (SSSR count). The standard InChI is InChI=1S/C23H31N3O2S/c1-18(12-16-29-2)26-14-10-22(11-15-26)28-21-8-6-19(7-9-21)23(27)25-17-20-5-3-4-13-24-20/h3-9,13,18,22H,10-12,14-17H2,1-2H3,(H,25,27)/t18-/m1/s1.